The molecule has 1 atom stereocenters. The second-order valence-electron chi connectivity index (χ2n) is 7.57. The molecule has 0 amide bonds. The smallest absolute Gasteiger partial charge is 0.137 e. The van der Waals surface area contributed by atoms with Gasteiger partial charge in [-0.2, -0.15) is 0 Å². The Bertz CT molecular complexity index is 1040. The maximum Gasteiger partial charge on any atom is 0.137 e. The third kappa shape index (κ3) is 3.01. The van der Waals surface area contributed by atoms with E-state index in [1.807, 2.05) is 43.3 Å². The van der Waals surface area contributed by atoms with Crippen LogP contribution in [0.1, 0.15) is 43.8 Å². The number of fused-ring (bicyclic) bond motifs is 1. The highest BCUT2D eigenvalue weighted by Gasteiger charge is 2.32. The van der Waals surface area contributed by atoms with E-state index in [2.05, 4.69) is 30.7 Å². The molecule has 0 spiro atoms. The lowest BCUT2D eigenvalue weighted by Crippen LogP contribution is -2.16. The first-order valence-corrected chi connectivity index (χ1v) is 8.73. The molecule has 5 heteroatoms. The molecule has 26 heavy (non-hydrogen) atoms. The van der Waals surface area contributed by atoms with Crippen molar-refractivity contribution >= 4 is 22.6 Å². The lowest BCUT2D eigenvalue weighted by molar-refractivity contribution is 0.584. The van der Waals surface area contributed by atoms with E-state index in [1.54, 1.807) is 12.4 Å². The van der Waals surface area contributed by atoms with Gasteiger partial charge in [-0.05, 0) is 31.2 Å². The van der Waals surface area contributed by atoms with Gasteiger partial charge in [0.1, 0.15) is 11.9 Å². The lowest BCUT2D eigenvalue weighted by atomic mass is 9.95. The minimum Gasteiger partial charge on any atom is -0.255 e. The largest absolute Gasteiger partial charge is 0.255 e. The molecular weight excluding hydrogens is 322 g/mol. The fourth-order valence-electron chi connectivity index (χ4n) is 3.02. The van der Waals surface area contributed by atoms with E-state index in [-0.39, 0.29) is 11.5 Å². The van der Waals surface area contributed by atoms with Gasteiger partial charge in [0.2, 0.25) is 0 Å². The van der Waals surface area contributed by atoms with Crippen LogP contribution < -0.4 is 0 Å². The summed E-state index contributed by atoms with van der Waals surface area (Å²) in [6.07, 6.45) is 3.41. The van der Waals surface area contributed by atoms with E-state index < -0.39 is 0 Å². The molecule has 5 nitrogen and oxygen atoms in total. The van der Waals surface area contributed by atoms with Crippen molar-refractivity contribution in [2.24, 2.45) is 15.4 Å². The van der Waals surface area contributed by atoms with Gasteiger partial charge in [-0.1, -0.05) is 32.9 Å². The van der Waals surface area contributed by atoms with Gasteiger partial charge in [-0.15, -0.1) is 0 Å². The zero-order chi connectivity index (χ0) is 18.3. The minimum absolute atomic E-state index is 0.125. The topological polar surface area (TPSA) is 63.4 Å². The molecule has 0 bridgehead atoms. The number of hydrogen-bond acceptors (Lipinski definition) is 5. The maximum atomic E-state index is 4.92. The number of rotatable bonds is 2. The molecule has 0 N–H and O–H groups in total. The predicted molar refractivity (Wildman–Crippen MR) is 105 cm³/mol. The Balaban J connectivity index is 1.85. The molecular formula is C21H21N5. The number of benzene rings is 1. The normalized spacial score (nSPS) is 17.3. The molecule has 0 radical (unpaired) electrons. The van der Waals surface area contributed by atoms with Crippen LogP contribution in [0.25, 0.3) is 11.0 Å². The van der Waals surface area contributed by atoms with E-state index in [0.717, 1.165) is 39.5 Å². The highest BCUT2D eigenvalue weighted by atomic mass is 15.1. The second-order valence-corrected chi connectivity index (χ2v) is 7.57. The van der Waals surface area contributed by atoms with Crippen LogP contribution in [-0.2, 0) is 0 Å². The third-order valence-electron chi connectivity index (χ3n) is 4.36. The van der Waals surface area contributed by atoms with Gasteiger partial charge in [-0.3, -0.25) is 19.9 Å². The molecule has 1 aliphatic rings. The van der Waals surface area contributed by atoms with Crippen molar-refractivity contribution in [2.45, 2.75) is 33.7 Å². The maximum absolute atomic E-state index is 4.92. The third-order valence-corrected chi connectivity index (χ3v) is 4.36. The molecule has 1 aromatic carbocycles. The summed E-state index contributed by atoms with van der Waals surface area (Å²) < 4.78 is 0. The molecule has 1 aliphatic heterocycles. The first-order valence-electron chi connectivity index (χ1n) is 8.73. The number of hydrogen-bond donors (Lipinski definition) is 0. The predicted octanol–water partition coefficient (Wildman–Crippen LogP) is 4.32. The lowest BCUT2D eigenvalue weighted by Gasteiger charge is -2.15. The second kappa shape index (κ2) is 6.09. The Morgan fingerprint density at radius 2 is 1.69 bits per heavy atom. The average molecular weight is 343 g/mol. The van der Waals surface area contributed by atoms with Gasteiger partial charge in [0.15, 0.2) is 0 Å². The van der Waals surface area contributed by atoms with Crippen molar-refractivity contribution < 1.29 is 0 Å². The molecule has 0 saturated carbocycles. The summed E-state index contributed by atoms with van der Waals surface area (Å²) in [5.74, 6) is 0.847. The highest BCUT2D eigenvalue weighted by Crippen LogP contribution is 2.32. The first-order chi connectivity index (χ1) is 12.4. The molecule has 3 aromatic rings. The zero-order valence-electron chi connectivity index (χ0n) is 15.4. The van der Waals surface area contributed by atoms with Gasteiger partial charge >= 0.3 is 0 Å². The van der Waals surface area contributed by atoms with Crippen LogP contribution in [0.2, 0.25) is 0 Å². The highest BCUT2D eigenvalue weighted by molar-refractivity contribution is 6.16. The van der Waals surface area contributed by atoms with Crippen LogP contribution in [0.4, 0.5) is 0 Å². The summed E-state index contributed by atoms with van der Waals surface area (Å²) in [5.41, 5.74) is 5.42. The van der Waals surface area contributed by atoms with E-state index in [4.69, 9.17) is 15.0 Å². The van der Waals surface area contributed by atoms with Crippen LogP contribution in [0, 0.1) is 12.3 Å². The van der Waals surface area contributed by atoms with Gasteiger partial charge in [-0.25, -0.2) is 4.99 Å². The number of aliphatic imine (C=N–C) groups is 2. The number of amidine groups is 1. The Morgan fingerprint density at radius 1 is 0.923 bits per heavy atom. The van der Waals surface area contributed by atoms with Crippen molar-refractivity contribution in [2.75, 3.05) is 0 Å². The summed E-state index contributed by atoms with van der Waals surface area (Å²) in [5, 5.41) is 0. The Labute approximate surface area is 153 Å². The number of nitrogens with zero attached hydrogens (tertiary/aromatic N) is 5. The van der Waals surface area contributed by atoms with E-state index in [1.165, 1.54) is 0 Å². The summed E-state index contributed by atoms with van der Waals surface area (Å²) in [4.78, 5) is 23.3. The van der Waals surface area contributed by atoms with Crippen LogP contribution >= 0.6 is 0 Å². The quantitative estimate of drug-likeness (QED) is 0.696. The van der Waals surface area contributed by atoms with Crippen LogP contribution in [0.5, 0.6) is 0 Å². The average Bonchev–Trinajstić information content (AvgIpc) is 3.07. The number of aryl methyl sites for hydroxylation is 1. The van der Waals surface area contributed by atoms with E-state index in [9.17, 15) is 0 Å². The molecule has 0 unspecified atom stereocenters. The van der Waals surface area contributed by atoms with Gasteiger partial charge < -0.3 is 0 Å². The van der Waals surface area contributed by atoms with Crippen LogP contribution in [0.3, 0.4) is 0 Å². The molecule has 3 heterocycles. The summed E-state index contributed by atoms with van der Waals surface area (Å²) in [7, 11) is 0. The van der Waals surface area contributed by atoms with Crippen molar-refractivity contribution in [1.29, 1.82) is 0 Å². The van der Waals surface area contributed by atoms with E-state index in [0.29, 0.717) is 0 Å². The Morgan fingerprint density at radius 3 is 2.42 bits per heavy atom. The molecule has 0 saturated heterocycles. The zero-order valence-corrected chi connectivity index (χ0v) is 15.4. The van der Waals surface area contributed by atoms with Gasteiger partial charge in [0.05, 0.1) is 22.4 Å². The minimum atomic E-state index is -0.196. The SMILES string of the molecule is Cc1cccc([C@@H]2N=C(C(C)(C)C)N=C2c2ccc3nccnc3c2)n1. The Hall–Kier alpha value is -2.95. The summed E-state index contributed by atoms with van der Waals surface area (Å²) in [6, 6.07) is 11.9. The molecule has 0 fully saturated rings. The number of pyridine rings is 1. The van der Waals surface area contributed by atoms with Crippen molar-refractivity contribution in [1.82, 2.24) is 15.0 Å². The molecule has 4 rings (SSSR count). The van der Waals surface area contributed by atoms with Gasteiger partial charge in [0, 0.05) is 29.1 Å². The van der Waals surface area contributed by atoms with Crippen LogP contribution in [0.15, 0.2) is 58.8 Å². The Kier molecular flexibility index (Phi) is 3.87. The monoisotopic (exact) mass is 343 g/mol. The molecule has 2 aromatic heterocycles. The first kappa shape index (κ1) is 16.5. The summed E-state index contributed by atoms with van der Waals surface area (Å²) in [6.45, 7) is 8.38. The van der Waals surface area contributed by atoms with Crippen molar-refractivity contribution in [3.05, 3.63) is 65.7 Å². The van der Waals surface area contributed by atoms with Gasteiger partial charge in [0.25, 0.3) is 0 Å². The summed E-state index contributed by atoms with van der Waals surface area (Å²) >= 11 is 0. The number of aromatic nitrogens is 3. The van der Waals surface area contributed by atoms with Crippen molar-refractivity contribution in [3.63, 3.8) is 0 Å². The fourth-order valence-corrected chi connectivity index (χ4v) is 3.02. The molecule has 0 aliphatic carbocycles. The van der Waals surface area contributed by atoms with Crippen molar-refractivity contribution in [3.8, 4) is 0 Å². The van der Waals surface area contributed by atoms with Crippen LogP contribution in [-0.4, -0.2) is 26.5 Å². The molecule has 130 valence electrons. The standard InChI is InChI=1S/C21H21N5/c1-13-6-5-7-16(24-13)19-18(25-20(26-19)21(2,3)4)14-8-9-15-17(12-14)23-11-10-22-15/h5-12,19H,1-4H3/t19-/m0/s1. The fraction of sp³-hybridized carbons (Fsp3) is 0.286. The van der Waals surface area contributed by atoms with E-state index >= 15 is 0 Å².